The van der Waals surface area contributed by atoms with Crippen molar-refractivity contribution in [3.8, 4) is 0 Å². The van der Waals surface area contributed by atoms with Gasteiger partial charge in [-0.2, -0.15) is 21.4 Å². The number of para-hydroxylation sites is 1. The molecule has 1 aromatic carbocycles. The van der Waals surface area contributed by atoms with Crippen LogP contribution in [-0.2, 0) is 26.8 Å². The third kappa shape index (κ3) is 6.19. The van der Waals surface area contributed by atoms with Crippen molar-refractivity contribution in [1.82, 2.24) is 0 Å². The van der Waals surface area contributed by atoms with Gasteiger partial charge in [-0.3, -0.25) is 9.11 Å². The summed E-state index contributed by atoms with van der Waals surface area (Å²) in [6.07, 6.45) is 0.585. The predicted octanol–water partition coefficient (Wildman–Crippen LogP) is 2.23. The van der Waals surface area contributed by atoms with Gasteiger partial charge in [0.2, 0.25) is 5.52 Å². The molecular formula is C14H20NO6S4+. The largest absolute Gasteiger partial charge is 0.298 e. The summed E-state index contributed by atoms with van der Waals surface area (Å²) in [6, 6.07) is 7.71. The number of rotatable bonds is 9. The molecule has 1 heterocycles. The Morgan fingerprint density at radius 2 is 1.88 bits per heavy atom. The topological polar surface area (TPSA) is 113 Å². The van der Waals surface area contributed by atoms with Crippen molar-refractivity contribution in [1.29, 1.82) is 0 Å². The van der Waals surface area contributed by atoms with Gasteiger partial charge in [0.05, 0.1) is 11.0 Å². The van der Waals surface area contributed by atoms with E-state index in [2.05, 4.69) is 0 Å². The molecular weight excluding hydrogens is 406 g/mol. The summed E-state index contributed by atoms with van der Waals surface area (Å²) in [7, 11) is -8.03. The van der Waals surface area contributed by atoms with Crippen molar-refractivity contribution < 1.29 is 30.5 Å². The van der Waals surface area contributed by atoms with Crippen LogP contribution < -0.4 is 4.57 Å². The van der Waals surface area contributed by atoms with Gasteiger partial charge >= 0.3 is 0 Å². The monoisotopic (exact) mass is 426 g/mol. The third-order valence-corrected chi connectivity index (χ3v) is 8.19. The van der Waals surface area contributed by atoms with E-state index in [4.69, 9.17) is 9.11 Å². The van der Waals surface area contributed by atoms with Crippen LogP contribution in [0.2, 0.25) is 0 Å². The molecule has 0 amide bonds. The van der Waals surface area contributed by atoms with Crippen molar-refractivity contribution in [2.24, 2.45) is 0 Å². The van der Waals surface area contributed by atoms with Crippen molar-refractivity contribution >= 4 is 53.6 Å². The zero-order valence-electron chi connectivity index (χ0n) is 13.5. The lowest BCUT2D eigenvalue weighted by Gasteiger charge is -2.05. The van der Waals surface area contributed by atoms with Gasteiger partial charge in [0.15, 0.2) is 6.54 Å². The van der Waals surface area contributed by atoms with Gasteiger partial charge in [-0.1, -0.05) is 23.5 Å². The Morgan fingerprint density at radius 1 is 1.20 bits per heavy atom. The number of benzene rings is 1. The fourth-order valence-corrected chi connectivity index (χ4v) is 5.77. The molecule has 0 aliphatic heterocycles. The highest BCUT2D eigenvalue weighted by Gasteiger charge is 2.24. The van der Waals surface area contributed by atoms with Crippen molar-refractivity contribution in [3.05, 3.63) is 24.3 Å². The average Bonchev–Trinajstić information content (AvgIpc) is 2.85. The van der Waals surface area contributed by atoms with Gasteiger partial charge in [-0.15, -0.1) is 0 Å². The maximum atomic E-state index is 11.2. The molecule has 0 aliphatic carbocycles. The fourth-order valence-electron chi connectivity index (χ4n) is 2.19. The van der Waals surface area contributed by atoms with Gasteiger partial charge in [0, 0.05) is 18.2 Å². The first kappa shape index (κ1) is 20.6. The summed E-state index contributed by atoms with van der Waals surface area (Å²) in [4.78, 5) is 0. The molecule has 0 aliphatic rings. The highest BCUT2D eigenvalue weighted by Crippen LogP contribution is 2.28. The van der Waals surface area contributed by atoms with Crippen LogP contribution in [0.5, 0.6) is 0 Å². The summed E-state index contributed by atoms with van der Waals surface area (Å²) in [5.41, 5.74) is 0.965. The van der Waals surface area contributed by atoms with Crippen LogP contribution in [-0.4, -0.2) is 42.7 Å². The Morgan fingerprint density at radius 3 is 2.52 bits per heavy atom. The molecule has 11 heteroatoms. The first-order valence-corrected chi connectivity index (χ1v) is 12.4. The van der Waals surface area contributed by atoms with Crippen LogP contribution in [0.15, 0.2) is 28.6 Å². The maximum absolute atomic E-state index is 11.2. The molecule has 0 spiro atoms. The quantitative estimate of drug-likeness (QED) is 0.274. The van der Waals surface area contributed by atoms with Gasteiger partial charge in [0.25, 0.3) is 24.6 Å². The van der Waals surface area contributed by atoms with E-state index in [9.17, 15) is 16.8 Å². The van der Waals surface area contributed by atoms with E-state index in [0.29, 0.717) is 18.7 Å². The van der Waals surface area contributed by atoms with Crippen LogP contribution >= 0.6 is 23.1 Å². The fraction of sp³-hybridized carbons (Fsp3) is 0.500. The minimum absolute atomic E-state index is 0.267. The first-order chi connectivity index (χ1) is 11.6. The Labute approximate surface area is 155 Å². The minimum Gasteiger partial charge on any atom is -0.286 e. The lowest BCUT2D eigenvalue weighted by Crippen LogP contribution is -2.37. The number of thioether (sulfide) groups is 1. The van der Waals surface area contributed by atoms with Crippen molar-refractivity contribution in [2.45, 2.75) is 35.9 Å². The highest BCUT2D eigenvalue weighted by atomic mass is 32.2. The van der Waals surface area contributed by atoms with E-state index >= 15 is 0 Å². The molecule has 0 bridgehead atoms. The smallest absolute Gasteiger partial charge is 0.286 e. The van der Waals surface area contributed by atoms with Gasteiger partial charge in [-0.05, 0) is 31.2 Å². The minimum atomic E-state index is -4.07. The molecule has 2 rings (SSSR count). The zero-order valence-corrected chi connectivity index (χ0v) is 16.8. The van der Waals surface area contributed by atoms with E-state index < -0.39 is 25.5 Å². The van der Waals surface area contributed by atoms with Gasteiger partial charge < -0.3 is 0 Å². The molecule has 25 heavy (non-hydrogen) atoms. The second kappa shape index (κ2) is 8.31. The van der Waals surface area contributed by atoms with Crippen LogP contribution in [0, 0.1) is 0 Å². The average molecular weight is 427 g/mol. The Balaban J connectivity index is 2.15. The van der Waals surface area contributed by atoms with Gasteiger partial charge in [-0.25, -0.2) is 0 Å². The molecule has 1 aromatic heterocycles. The van der Waals surface area contributed by atoms with Gasteiger partial charge in [0.1, 0.15) is 4.70 Å². The molecule has 0 fully saturated rings. The number of aromatic nitrogens is 1. The summed E-state index contributed by atoms with van der Waals surface area (Å²) in [5, 5.41) is -0.865. The summed E-state index contributed by atoms with van der Waals surface area (Å²) in [6.45, 7) is 1.88. The molecule has 0 saturated heterocycles. The number of hydrogen-bond donors (Lipinski definition) is 2. The first-order valence-electron chi connectivity index (χ1n) is 7.53. The Kier molecular flexibility index (Phi) is 6.85. The third-order valence-electron chi connectivity index (χ3n) is 3.61. The van der Waals surface area contributed by atoms with E-state index in [1.165, 1.54) is 18.7 Å². The number of thiazole rings is 1. The Bertz CT molecular complexity index is 935. The molecule has 0 saturated carbocycles. The summed E-state index contributed by atoms with van der Waals surface area (Å²) in [5.74, 6) is 0.227. The number of nitrogens with zero attached hydrogens (tertiary/aromatic N) is 1. The Hall–Kier alpha value is -0.720. The lowest BCUT2D eigenvalue weighted by atomic mass is 10.3. The lowest BCUT2D eigenvalue weighted by molar-refractivity contribution is -0.702. The van der Waals surface area contributed by atoms with E-state index in [1.54, 1.807) is 11.3 Å². The molecule has 1 unspecified atom stereocenters. The standard InChI is InChI=1S/C14H19NO6S4/c1-11(25(19,20)21)7-8-15-12-5-2-3-6-13(12)23-14(15)22-9-4-10-24(16,17)18/h2-3,5-6,11H,4,7-10H2,1H3,(H-,16,17,18,19,20,21)/p+1. The SMILES string of the molecule is CC(CC[n+]1c(SCCCS(=O)(=O)O)sc2ccccc21)S(=O)(=O)O. The number of hydrogen-bond acceptors (Lipinski definition) is 6. The van der Waals surface area contributed by atoms with E-state index in [0.717, 1.165) is 14.6 Å². The molecule has 140 valence electrons. The normalized spacial score (nSPS) is 14.0. The second-order valence-electron chi connectivity index (χ2n) is 5.59. The highest BCUT2D eigenvalue weighted by molar-refractivity contribution is 8.01. The van der Waals surface area contributed by atoms with Crippen LogP contribution in [0.25, 0.3) is 10.2 Å². The molecule has 2 N–H and O–H groups in total. The number of aryl methyl sites for hydroxylation is 1. The summed E-state index contributed by atoms with van der Waals surface area (Å²) < 4.78 is 65.9. The van der Waals surface area contributed by atoms with Crippen molar-refractivity contribution in [2.75, 3.05) is 11.5 Å². The number of fused-ring (bicyclic) bond motifs is 1. The molecule has 1 atom stereocenters. The van der Waals surface area contributed by atoms with Crippen LogP contribution in [0.1, 0.15) is 19.8 Å². The summed E-state index contributed by atoms with van der Waals surface area (Å²) >= 11 is 3.01. The van der Waals surface area contributed by atoms with Crippen LogP contribution in [0.3, 0.4) is 0 Å². The predicted molar refractivity (Wildman–Crippen MR) is 99.4 cm³/mol. The molecule has 7 nitrogen and oxygen atoms in total. The second-order valence-corrected chi connectivity index (χ2v) is 11.4. The van der Waals surface area contributed by atoms with E-state index in [-0.39, 0.29) is 12.2 Å². The maximum Gasteiger partial charge on any atom is 0.298 e. The van der Waals surface area contributed by atoms with E-state index in [1.807, 2.05) is 28.8 Å². The molecule has 2 aromatic rings. The molecule has 0 radical (unpaired) electrons. The van der Waals surface area contributed by atoms with Crippen LogP contribution in [0.4, 0.5) is 0 Å². The van der Waals surface area contributed by atoms with Crippen molar-refractivity contribution in [3.63, 3.8) is 0 Å². The zero-order chi connectivity index (χ0) is 18.7.